The number of amides is 1. The SMILES string of the molecule is N#Cc1cccc(Cl)c1N1CCCN(C(=O)c2cccs2)CC1. The highest BCUT2D eigenvalue weighted by Crippen LogP contribution is 2.30. The third-order valence-electron chi connectivity index (χ3n) is 3.94. The second-order valence-corrected chi connectivity index (χ2v) is 6.71. The summed E-state index contributed by atoms with van der Waals surface area (Å²) in [7, 11) is 0. The molecule has 0 N–H and O–H groups in total. The number of carbonyl (C=O) groups is 1. The van der Waals surface area contributed by atoms with Gasteiger partial charge < -0.3 is 9.80 Å². The van der Waals surface area contributed by atoms with Crippen LogP contribution in [-0.4, -0.2) is 37.0 Å². The zero-order chi connectivity index (χ0) is 16.2. The van der Waals surface area contributed by atoms with Crippen LogP contribution in [0.4, 0.5) is 5.69 Å². The Morgan fingerprint density at radius 3 is 2.78 bits per heavy atom. The first-order chi connectivity index (χ1) is 11.2. The van der Waals surface area contributed by atoms with Gasteiger partial charge in [-0.2, -0.15) is 5.26 Å². The molecule has 1 aliphatic rings. The molecular weight excluding hydrogens is 330 g/mol. The number of nitrogens with zero attached hydrogens (tertiary/aromatic N) is 3. The molecule has 4 nitrogen and oxygen atoms in total. The second-order valence-electron chi connectivity index (χ2n) is 5.36. The van der Waals surface area contributed by atoms with Gasteiger partial charge in [-0.05, 0) is 30.0 Å². The average molecular weight is 346 g/mol. The van der Waals surface area contributed by atoms with E-state index in [0.717, 1.165) is 30.1 Å². The third kappa shape index (κ3) is 3.34. The number of anilines is 1. The molecule has 1 aliphatic heterocycles. The third-order valence-corrected chi connectivity index (χ3v) is 5.10. The minimum Gasteiger partial charge on any atom is -0.367 e. The number of para-hydroxylation sites is 1. The number of hydrogen-bond acceptors (Lipinski definition) is 4. The molecule has 0 spiro atoms. The molecule has 0 atom stereocenters. The number of benzene rings is 1. The Morgan fingerprint density at radius 1 is 1.17 bits per heavy atom. The number of thiophene rings is 1. The van der Waals surface area contributed by atoms with Gasteiger partial charge in [0.25, 0.3) is 5.91 Å². The molecule has 1 amide bonds. The number of nitriles is 1. The lowest BCUT2D eigenvalue weighted by Gasteiger charge is -2.25. The van der Waals surface area contributed by atoms with Crippen molar-refractivity contribution >= 4 is 34.5 Å². The molecule has 1 saturated heterocycles. The maximum Gasteiger partial charge on any atom is 0.263 e. The molecule has 118 valence electrons. The lowest BCUT2D eigenvalue weighted by atomic mass is 10.1. The van der Waals surface area contributed by atoms with E-state index in [4.69, 9.17) is 11.6 Å². The van der Waals surface area contributed by atoms with E-state index in [2.05, 4.69) is 11.0 Å². The van der Waals surface area contributed by atoms with Crippen LogP contribution in [0, 0.1) is 11.3 Å². The van der Waals surface area contributed by atoms with Crippen molar-refractivity contribution in [2.24, 2.45) is 0 Å². The van der Waals surface area contributed by atoms with Crippen LogP contribution in [-0.2, 0) is 0 Å². The van der Waals surface area contributed by atoms with Gasteiger partial charge >= 0.3 is 0 Å². The Kier molecular flexibility index (Phi) is 4.85. The summed E-state index contributed by atoms with van der Waals surface area (Å²) in [5.74, 6) is 0.0847. The molecule has 0 saturated carbocycles. The van der Waals surface area contributed by atoms with E-state index in [0.29, 0.717) is 23.7 Å². The van der Waals surface area contributed by atoms with E-state index in [-0.39, 0.29) is 5.91 Å². The summed E-state index contributed by atoms with van der Waals surface area (Å²) in [6.45, 7) is 2.81. The molecule has 1 aromatic carbocycles. The van der Waals surface area contributed by atoms with Crippen molar-refractivity contribution in [3.8, 4) is 6.07 Å². The van der Waals surface area contributed by atoms with Crippen LogP contribution in [0.3, 0.4) is 0 Å². The fourth-order valence-corrected chi connectivity index (χ4v) is 3.81. The van der Waals surface area contributed by atoms with Gasteiger partial charge in [0, 0.05) is 26.2 Å². The van der Waals surface area contributed by atoms with E-state index in [9.17, 15) is 10.1 Å². The maximum atomic E-state index is 12.5. The summed E-state index contributed by atoms with van der Waals surface area (Å²) in [6, 6.07) is 11.3. The van der Waals surface area contributed by atoms with Gasteiger partial charge in [0.15, 0.2) is 0 Å². The molecule has 23 heavy (non-hydrogen) atoms. The zero-order valence-electron chi connectivity index (χ0n) is 12.5. The Balaban J connectivity index is 1.77. The van der Waals surface area contributed by atoms with Crippen LogP contribution in [0.1, 0.15) is 21.7 Å². The summed E-state index contributed by atoms with van der Waals surface area (Å²) >= 11 is 7.77. The smallest absolute Gasteiger partial charge is 0.263 e. The van der Waals surface area contributed by atoms with Crippen molar-refractivity contribution in [2.45, 2.75) is 6.42 Å². The van der Waals surface area contributed by atoms with Crippen molar-refractivity contribution in [2.75, 3.05) is 31.1 Å². The zero-order valence-corrected chi connectivity index (χ0v) is 14.1. The van der Waals surface area contributed by atoms with Crippen LogP contribution < -0.4 is 4.90 Å². The van der Waals surface area contributed by atoms with Crippen molar-refractivity contribution in [1.29, 1.82) is 5.26 Å². The molecule has 2 aromatic rings. The van der Waals surface area contributed by atoms with Gasteiger partial charge in [-0.25, -0.2) is 0 Å². The molecule has 3 rings (SSSR count). The molecule has 6 heteroatoms. The lowest BCUT2D eigenvalue weighted by molar-refractivity contribution is 0.0772. The van der Waals surface area contributed by atoms with Gasteiger partial charge in [0.05, 0.1) is 21.2 Å². The summed E-state index contributed by atoms with van der Waals surface area (Å²) in [4.78, 5) is 17.3. The Morgan fingerprint density at radius 2 is 2.04 bits per heavy atom. The monoisotopic (exact) mass is 345 g/mol. The van der Waals surface area contributed by atoms with E-state index in [1.54, 1.807) is 18.2 Å². The van der Waals surface area contributed by atoms with Gasteiger partial charge in [0.1, 0.15) is 6.07 Å². The molecule has 1 fully saturated rings. The summed E-state index contributed by atoms with van der Waals surface area (Å²) < 4.78 is 0. The van der Waals surface area contributed by atoms with Gasteiger partial charge in [-0.1, -0.05) is 23.7 Å². The van der Waals surface area contributed by atoms with Crippen LogP contribution in [0.5, 0.6) is 0 Å². The minimum absolute atomic E-state index is 0.0847. The highest BCUT2D eigenvalue weighted by atomic mass is 35.5. The Bertz CT molecular complexity index is 739. The van der Waals surface area contributed by atoms with Crippen LogP contribution in [0.25, 0.3) is 0 Å². The van der Waals surface area contributed by atoms with Gasteiger partial charge in [-0.3, -0.25) is 4.79 Å². The quantitative estimate of drug-likeness (QED) is 0.835. The topological polar surface area (TPSA) is 47.3 Å². The summed E-state index contributed by atoms with van der Waals surface area (Å²) in [5, 5.41) is 11.8. The highest BCUT2D eigenvalue weighted by Gasteiger charge is 2.23. The molecular formula is C17H16ClN3OS. The van der Waals surface area contributed by atoms with Crippen molar-refractivity contribution in [3.63, 3.8) is 0 Å². The Labute approximate surface area is 144 Å². The normalized spacial score (nSPS) is 15.1. The number of rotatable bonds is 2. The first-order valence-corrected chi connectivity index (χ1v) is 8.73. The standard InChI is InChI=1S/C17H16ClN3OS/c18-14-5-1-4-13(12-19)16(14)20-7-3-8-21(10-9-20)17(22)15-6-2-11-23-15/h1-2,4-6,11H,3,7-10H2. The second kappa shape index (κ2) is 7.03. The molecule has 0 unspecified atom stereocenters. The van der Waals surface area contributed by atoms with Crippen LogP contribution >= 0.6 is 22.9 Å². The lowest BCUT2D eigenvalue weighted by Crippen LogP contribution is -2.35. The molecule has 2 heterocycles. The predicted molar refractivity (Wildman–Crippen MR) is 93.2 cm³/mol. The first-order valence-electron chi connectivity index (χ1n) is 7.47. The number of hydrogen-bond donors (Lipinski definition) is 0. The van der Waals surface area contributed by atoms with Crippen LogP contribution in [0.2, 0.25) is 5.02 Å². The van der Waals surface area contributed by atoms with Crippen molar-refractivity contribution < 1.29 is 4.79 Å². The Hall–Kier alpha value is -2.03. The average Bonchev–Trinajstić information content (AvgIpc) is 2.99. The number of halogens is 1. The van der Waals surface area contributed by atoms with E-state index < -0.39 is 0 Å². The highest BCUT2D eigenvalue weighted by molar-refractivity contribution is 7.12. The molecule has 1 aromatic heterocycles. The van der Waals surface area contributed by atoms with Crippen molar-refractivity contribution in [1.82, 2.24) is 4.90 Å². The molecule has 0 radical (unpaired) electrons. The number of carbonyl (C=O) groups excluding carboxylic acids is 1. The fraction of sp³-hybridized carbons (Fsp3) is 0.294. The molecule has 0 bridgehead atoms. The summed E-state index contributed by atoms with van der Waals surface area (Å²) in [6.07, 6.45) is 0.854. The predicted octanol–water partition coefficient (Wildman–Crippen LogP) is 3.63. The molecule has 0 aliphatic carbocycles. The van der Waals surface area contributed by atoms with Crippen molar-refractivity contribution in [3.05, 3.63) is 51.2 Å². The largest absolute Gasteiger partial charge is 0.367 e. The first kappa shape index (κ1) is 15.9. The maximum absolute atomic E-state index is 12.5. The van der Waals surface area contributed by atoms with E-state index in [1.807, 2.05) is 22.4 Å². The van der Waals surface area contributed by atoms with Crippen LogP contribution in [0.15, 0.2) is 35.7 Å². The van der Waals surface area contributed by atoms with Gasteiger partial charge in [-0.15, -0.1) is 11.3 Å². The summed E-state index contributed by atoms with van der Waals surface area (Å²) in [5.41, 5.74) is 1.36. The van der Waals surface area contributed by atoms with Gasteiger partial charge in [0.2, 0.25) is 0 Å². The van der Waals surface area contributed by atoms with E-state index >= 15 is 0 Å². The minimum atomic E-state index is 0.0847. The van der Waals surface area contributed by atoms with E-state index in [1.165, 1.54) is 11.3 Å². The fourth-order valence-electron chi connectivity index (χ4n) is 2.83.